The topological polar surface area (TPSA) is 71.5 Å². The van der Waals surface area contributed by atoms with E-state index in [0.29, 0.717) is 29.1 Å². The lowest BCUT2D eigenvalue weighted by molar-refractivity contribution is 0.0515. The van der Waals surface area contributed by atoms with E-state index in [4.69, 9.17) is 16.4 Å². The van der Waals surface area contributed by atoms with Crippen LogP contribution >= 0.6 is 23.4 Å². The highest BCUT2D eigenvalue weighted by molar-refractivity contribution is 7.99. The van der Waals surface area contributed by atoms with Crippen LogP contribution in [0.3, 0.4) is 0 Å². The summed E-state index contributed by atoms with van der Waals surface area (Å²) in [6.07, 6.45) is 6.28. The zero-order valence-electron chi connectivity index (χ0n) is 24.3. The molecule has 1 aliphatic carbocycles. The molecular weight excluding hydrogens is 588 g/mol. The summed E-state index contributed by atoms with van der Waals surface area (Å²) in [4.78, 5) is 36.3. The number of benzene rings is 4. The van der Waals surface area contributed by atoms with Crippen LogP contribution in [-0.2, 0) is 4.84 Å². The number of aromatic amines is 1. The third-order valence-corrected chi connectivity index (χ3v) is 9.13. The molecule has 0 aliphatic heterocycles. The Labute approximate surface area is 265 Å². The van der Waals surface area contributed by atoms with E-state index in [0.717, 1.165) is 55.2 Å². The highest BCUT2D eigenvalue weighted by Crippen LogP contribution is 2.24. The van der Waals surface area contributed by atoms with Crippen molar-refractivity contribution in [1.82, 2.24) is 4.98 Å². The first kappa shape index (κ1) is 29.7. The van der Waals surface area contributed by atoms with E-state index < -0.39 is 5.97 Å². The highest BCUT2D eigenvalue weighted by Gasteiger charge is 2.21. The lowest BCUT2D eigenvalue weighted by Gasteiger charge is -2.13. The normalized spacial score (nSPS) is 14.4. The summed E-state index contributed by atoms with van der Waals surface area (Å²) in [6.45, 7) is 1.97. The first-order valence-corrected chi connectivity index (χ1v) is 16.0. The van der Waals surface area contributed by atoms with Gasteiger partial charge in [-0.15, -0.1) is 11.8 Å². The lowest BCUT2D eigenvalue weighted by Crippen LogP contribution is -2.30. The first-order chi connectivity index (χ1) is 21.5. The number of hydrogen-bond acceptors (Lipinski definition) is 5. The van der Waals surface area contributed by atoms with Gasteiger partial charge in [0.25, 0.3) is 0 Å². The summed E-state index contributed by atoms with van der Waals surface area (Å²) in [6, 6.07) is 30.5. The number of aromatic nitrogens is 1. The molecule has 1 unspecified atom stereocenters. The quantitative estimate of drug-likeness (QED) is 0.0434. The number of rotatable bonds is 10. The van der Waals surface area contributed by atoms with Crippen LogP contribution < -0.4 is 10.6 Å². The number of ketones is 1. The molecule has 0 saturated carbocycles. The fourth-order valence-electron chi connectivity index (χ4n) is 5.43. The molecule has 1 aromatic heterocycles. The fraction of sp³-hybridized carbons (Fsp3) is 0.162. The van der Waals surface area contributed by atoms with Gasteiger partial charge in [0.05, 0.1) is 11.3 Å². The third-order valence-electron chi connectivity index (χ3n) is 7.78. The second-order valence-electron chi connectivity index (χ2n) is 10.8. The van der Waals surface area contributed by atoms with Gasteiger partial charge in [-0.3, -0.25) is 4.79 Å². The molecule has 1 heterocycles. The Hall–Kier alpha value is -4.39. The summed E-state index contributed by atoms with van der Waals surface area (Å²) < 4.78 is 0. The Morgan fingerprint density at radius 1 is 0.955 bits per heavy atom. The maximum atomic E-state index is 13.5. The van der Waals surface area contributed by atoms with Gasteiger partial charge in [0.1, 0.15) is 0 Å². The molecule has 0 bridgehead atoms. The number of hydrogen-bond donors (Lipinski definition) is 1. The van der Waals surface area contributed by atoms with Gasteiger partial charge in [-0.05, 0) is 86.0 Å². The Balaban J connectivity index is 1.29. The molecule has 6 rings (SSSR count). The van der Waals surface area contributed by atoms with Crippen LogP contribution in [0.5, 0.6) is 0 Å². The van der Waals surface area contributed by atoms with Crippen LogP contribution in [0.4, 0.5) is 0 Å². The maximum absolute atomic E-state index is 13.5. The molecule has 0 fully saturated rings. The molecule has 5 nitrogen and oxygen atoms in total. The van der Waals surface area contributed by atoms with Crippen molar-refractivity contribution in [2.75, 3.05) is 5.75 Å². The highest BCUT2D eigenvalue weighted by atomic mass is 35.5. The van der Waals surface area contributed by atoms with Crippen molar-refractivity contribution in [1.29, 1.82) is 0 Å². The summed E-state index contributed by atoms with van der Waals surface area (Å²) in [5.74, 6) is 0.250. The van der Waals surface area contributed by atoms with E-state index in [1.165, 1.54) is 0 Å². The average Bonchev–Trinajstić information content (AvgIpc) is 3.42. The van der Waals surface area contributed by atoms with E-state index in [2.05, 4.69) is 28.4 Å². The lowest BCUT2D eigenvalue weighted by atomic mass is 9.89. The summed E-state index contributed by atoms with van der Waals surface area (Å²) in [5, 5.41) is 8.13. The molecule has 0 radical (unpaired) electrons. The SMILES string of the molecule is Cc1ccccc1C(=O)C1C=c2c([nH]c3ccc(/C(CCCSc4ccc(Cl)cc4)=N/OC(=O)c4ccccc4)cc23)=CC1. The fourth-order valence-corrected chi connectivity index (χ4v) is 6.41. The van der Waals surface area contributed by atoms with Gasteiger partial charge in [-0.25, -0.2) is 4.79 Å². The van der Waals surface area contributed by atoms with Crippen molar-refractivity contribution < 1.29 is 14.4 Å². The van der Waals surface area contributed by atoms with Gasteiger partial charge < -0.3 is 9.82 Å². The van der Waals surface area contributed by atoms with Crippen LogP contribution in [0, 0.1) is 12.8 Å². The first-order valence-electron chi connectivity index (χ1n) is 14.6. The largest absolute Gasteiger partial charge is 0.365 e. The maximum Gasteiger partial charge on any atom is 0.365 e. The molecule has 0 amide bonds. The van der Waals surface area contributed by atoms with Crippen LogP contribution in [0.25, 0.3) is 23.1 Å². The summed E-state index contributed by atoms with van der Waals surface area (Å²) in [5.41, 5.74) is 4.73. The Kier molecular flexibility index (Phi) is 9.10. The van der Waals surface area contributed by atoms with Crippen LogP contribution in [0.1, 0.15) is 51.1 Å². The van der Waals surface area contributed by atoms with E-state index >= 15 is 0 Å². The number of oxime groups is 1. The summed E-state index contributed by atoms with van der Waals surface area (Å²) in [7, 11) is 0. The van der Waals surface area contributed by atoms with Gasteiger partial charge in [0.2, 0.25) is 0 Å². The van der Waals surface area contributed by atoms with E-state index in [-0.39, 0.29) is 11.7 Å². The number of Topliss-reactive ketones (excluding diaryl/α,β-unsaturated/α-hetero) is 1. The third kappa shape index (κ3) is 6.72. The van der Waals surface area contributed by atoms with E-state index in [1.54, 1.807) is 36.0 Å². The number of H-pyrrole nitrogens is 1. The van der Waals surface area contributed by atoms with Crippen molar-refractivity contribution in [2.24, 2.45) is 11.1 Å². The average molecular weight is 619 g/mol. The molecule has 4 aromatic carbocycles. The van der Waals surface area contributed by atoms with Crippen molar-refractivity contribution in [2.45, 2.75) is 31.1 Å². The van der Waals surface area contributed by atoms with Gasteiger partial charge >= 0.3 is 5.97 Å². The number of nitrogens with zero attached hydrogens (tertiary/aromatic N) is 1. The van der Waals surface area contributed by atoms with Crippen molar-refractivity contribution in [3.63, 3.8) is 0 Å². The molecule has 5 aromatic rings. The number of nitrogens with one attached hydrogen (secondary N) is 1. The van der Waals surface area contributed by atoms with Gasteiger partial charge in [0, 0.05) is 48.4 Å². The van der Waals surface area contributed by atoms with Crippen LogP contribution in [0.15, 0.2) is 107 Å². The number of carbonyl (C=O) groups is 2. The molecule has 44 heavy (non-hydrogen) atoms. The van der Waals surface area contributed by atoms with Gasteiger partial charge in [-0.1, -0.05) is 77.4 Å². The molecule has 0 spiro atoms. The molecule has 0 saturated heterocycles. The standard InChI is InChI=1S/C37H31ClN2O3S/c1-24-8-5-6-11-30(24)36(41)27-14-20-35-32(23-27)31-22-26(13-19-34(31)39-35)33(40-43-37(42)25-9-3-2-4-10-25)12-7-21-44-29-17-15-28(38)16-18-29/h2-6,8-11,13,15-20,22-23,27,39H,7,12,14,21H2,1H3/b40-33+. The monoisotopic (exact) mass is 618 g/mol. The minimum Gasteiger partial charge on any atom is -0.355 e. The molecule has 1 aliphatic rings. The number of thioether (sulfide) groups is 1. The number of carbonyl (C=O) groups excluding carboxylic acids is 2. The number of fused-ring (bicyclic) bond motifs is 3. The smallest absolute Gasteiger partial charge is 0.355 e. The van der Waals surface area contributed by atoms with Crippen molar-refractivity contribution in [3.05, 3.63) is 135 Å². The summed E-state index contributed by atoms with van der Waals surface area (Å²) >= 11 is 7.78. The number of aryl methyl sites for hydroxylation is 1. The Morgan fingerprint density at radius 3 is 2.52 bits per heavy atom. The number of halogens is 1. The van der Waals surface area contributed by atoms with Gasteiger partial charge in [0.15, 0.2) is 5.78 Å². The van der Waals surface area contributed by atoms with Gasteiger partial charge in [-0.2, -0.15) is 0 Å². The van der Waals surface area contributed by atoms with Crippen LogP contribution in [-0.4, -0.2) is 28.2 Å². The van der Waals surface area contributed by atoms with E-state index in [9.17, 15) is 9.59 Å². The Bertz CT molecular complexity index is 1980. The second kappa shape index (κ2) is 13.5. The zero-order chi connectivity index (χ0) is 30.5. The molecule has 1 N–H and O–H groups in total. The predicted molar refractivity (Wildman–Crippen MR) is 180 cm³/mol. The van der Waals surface area contributed by atoms with E-state index in [1.807, 2.05) is 73.7 Å². The molecular formula is C37H31ClN2O3S. The molecule has 1 atom stereocenters. The minimum atomic E-state index is -0.501. The zero-order valence-corrected chi connectivity index (χ0v) is 25.8. The molecule has 7 heteroatoms. The predicted octanol–water partition coefficient (Wildman–Crippen LogP) is 7.73. The minimum absolute atomic E-state index is 0.128. The molecule has 220 valence electrons. The van der Waals surface area contributed by atoms with Crippen LogP contribution in [0.2, 0.25) is 5.02 Å². The van der Waals surface area contributed by atoms with Crippen molar-refractivity contribution >= 4 is 63.9 Å². The van der Waals surface area contributed by atoms with Crippen molar-refractivity contribution in [3.8, 4) is 0 Å². The second-order valence-corrected chi connectivity index (χ2v) is 12.4. The Morgan fingerprint density at radius 2 is 1.73 bits per heavy atom.